The second-order valence-electron chi connectivity index (χ2n) is 3.46. The van der Waals surface area contributed by atoms with Crippen LogP contribution in [0.4, 0.5) is 0 Å². The van der Waals surface area contributed by atoms with E-state index in [-0.39, 0.29) is 5.56 Å². The Bertz CT molecular complexity index is 395. The summed E-state index contributed by atoms with van der Waals surface area (Å²) in [7, 11) is 0. The van der Waals surface area contributed by atoms with Crippen LogP contribution in [0.2, 0.25) is 0 Å². The lowest BCUT2D eigenvalue weighted by molar-refractivity contribution is -0.140. The zero-order valence-electron chi connectivity index (χ0n) is 8.48. The lowest BCUT2D eigenvalue weighted by Gasteiger charge is -2.21. The number of Topliss-reactive ketones (excluding diaryl/α,β-unsaturated/α-hetero) is 1. The summed E-state index contributed by atoms with van der Waals surface area (Å²) in [6, 6.07) is 8.07. The molecule has 0 aliphatic heterocycles. The maximum atomic E-state index is 11.9. The van der Waals surface area contributed by atoms with E-state index < -0.39 is 22.0 Å². The van der Waals surface area contributed by atoms with Gasteiger partial charge < -0.3 is 5.11 Å². The van der Waals surface area contributed by atoms with Crippen LogP contribution in [-0.4, -0.2) is 21.2 Å². The van der Waals surface area contributed by atoms with Crippen LogP contribution in [0.3, 0.4) is 0 Å². The summed E-state index contributed by atoms with van der Waals surface area (Å²) in [4.78, 5) is 22.9. The summed E-state index contributed by atoms with van der Waals surface area (Å²) < 4.78 is -1.64. The lowest BCUT2D eigenvalue weighted by Crippen LogP contribution is -2.36. The highest BCUT2D eigenvalue weighted by molar-refractivity contribution is 6.51. The molecule has 5 heteroatoms. The van der Waals surface area contributed by atoms with Gasteiger partial charge in [0.1, 0.15) is 4.33 Å². The second-order valence-corrected chi connectivity index (χ2v) is 5.22. The predicted octanol–water partition coefficient (Wildman–Crippen LogP) is 2.76. The van der Waals surface area contributed by atoms with Gasteiger partial charge in [-0.1, -0.05) is 30.3 Å². The van der Waals surface area contributed by atoms with Crippen LogP contribution in [0.15, 0.2) is 30.3 Å². The monoisotopic (exact) mass is 260 g/mol. The first-order chi connectivity index (χ1) is 7.34. The van der Waals surface area contributed by atoms with Crippen molar-refractivity contribution in [3.63, 3.8) is 0 Å². The SMILES string of the molecule is CC(Cl)(Cl)C(C(=O)O)C(=O)c1ccccc1. The molecule has 1 unspecified atom stereocenters. The fourth-order valence-electron chi connectivity index (χ4n) is 1.33. The number of rotatable bonds is 4. The molecule has 1 aromatic carbocycles. The van der Waals surface area contributed by atoms with Crippen molar-refractivity contribution in [2.75, 3.05) is 0 Å². The van der Waals surface area contributed by atoms with E-state index in [4.69, 9.17) is 28.3 Å². The summed E-state index contributed by atoms with van der Waals surface area (Å²) in [6.45, 7) is 1.29. The average molecular weight is 261 g/mol. The van der Waals surface area contributed by atoms with Crippen molar-refractivity contribution in [2.24, 2.45) is 5.92 Å². The molecule has 0 heterocycles. The van der Waals surface area contributed by atoms with Crippen LogP contribution in [0.25, 0.3) is 0 Å². The maximum absolute atomic E-state index is 11.9. The van der Waals surface area contributed by atoms with Crippen molar-refractivity contribution >= 4 is 35.0 Å². The summed E-state index contributed by atoms with van der Waals surface area (Å²) in [5.74, 6) is -3.40. The zero-order valence-corrected chi connectivity index (χ0v) is 10.00. The molecule has 0 radical (unpaired) electrons. The number of carboxylic acids is 1. The van der Waals surface area contributed by atoms with Gasteiger partial charge in [0, 0.05) is 5.56 Å². The molecule has 0 bridgehead atoms. The van der Waals surface area contributed by atoms with Gasteiger partial charge in [-0.3, -0.25) is 9.59 Å². The predicted molar refractivity (Wildman–Crippen MR) is 62.0 cm³/mol. The molecule has 0 saturated carbocycles. The van der Waals surface area contributed by atoms with Gasteiger partial charge in [0.2, 0.25) is 0 Å². The van der Waals surface area contributed by atoms with Crippen molar-refractivity contribution in [2.45, 2.75) is 11.3 Å². The van der Waals surface area contributed by atoms with E-state index in [2.05, 4.69) is 0 Å². The molecule has 16 heavy (non-hydrogen) atoms. The number of alkyl halides is 2. The van der Waals surface area contributed by atoms with Gasteiger partial charge in [-0.25, -0.2) is 0 Å². The quantitative estimate of drug-likeness (QED) is 0.515. The van der Waals surface area contributed by atoms with Crippen molar-refractivity contribution in [1.82, 2.24) is 0 Å². The Hall–Kier alpha value is -1.06. The molecule has 86 valence electrons. The topological polar surface area (TPSA) is 54.4 Å². The summed E-state index contributed by atoms with van der Waals surface area (Å²) >= 11 is 11.4. The molecule has 1 atom stereocenters. The van der Waals surface area contributed by atoms with Crippen LogP contribution in [0.5, 0.6) is 0 Å². The van der Waals surface area contributed by atoms with Crippen LogP contribution in [0, 0.1) is 5.92 Å². The van der Waals surface area contributed by atoms with Crippen molar-refractivity contribution in [1.29, 1.82) is 0 Å². The second kappa shape index (κ2) is 4.85. The van der Waals surface area contributed by atoms with Gasteiger partial charge in [-0.2, -0.15) is 0 Å². The van der Waals surface area contributed by atoms with E-state index in [0.717, 1.165) is 0 Å². The third kappa shape index (κ3) is 2.97. The molecule has 0 aliphatic carbocycles. The number of ketones is 1. The van der Waals surface area contributed by atoms with Crippen molar-refractivity contribution in [3.05, 3.63) is 35.9 Å². The number of halogens is 2. The van der Waals surface area contributed by atoms with Crippen LogP contribution < -0.4 is 0 Å². The molecule has 1 N–H and O–H groups in total. The normalized spacial score (nSPS) is 13.2. The Morgan fingerprint density at radius 1 is 1.25 bits per heavy atom. The van der Waals surface area contributed by atoms with Gasteiger partial charge >= 0.3 is 5.97 Å². The molecule has 0 saturated heterocycles. The fourth-order valence-corrected chi connectivity index (χ4v) is 1.71. The van der Waals surface area contributed by atoms with Gasteiger partial charge in [-0.15, -0.1) is 23.2 Å². The molecule has 1 aromatic rings. The van der Waals surface area contributed by atoms with Gasteiger partial charge in [0.15, 0.2) is 11.7 Å². The standard InChI is InChI=1S/C11H10Cl2O3/c1-11(12,13)8(10(15)16)9(14)7-5-3-2-4-6-7/h2-6,8H,1H3,(H,15,16). The van der Waals surface area contributed by atoms with Crippen molar-refractivity contribution < 1.29 is 14.7 Å². The highest BCUT2D eigenvalue weighted by Crippen LogP contribution is 2.32. The molecule has 0 fully saturated rings. The minimum atomic E-state index is -1.64. The van der Waals surface area contributed by atoms with E-state index in [1.54, 1.807) is 18.2 Å². The average Bonchev–Trinajstić information content (AvgIpc) is 2.16. The molecule has 0 amide bonds. The number of hydrogen-bond donors (Lipinski definition) is 1. The minimum absolute atomic E-state index is 0.280. The number of benzene rings is 1. The molecular formula is C11H10Cl2O3. The number of aliphatic carboxylic acids is 1. The molecule has 1 rings (SSSR count). The third-order valence-corrected chi connectivity index (χ3v) is 2.51. The molecule has 3 nitrogen and oxygen atoms in total. The van der Waals surface area contributed by atoms with E-state index in [9.17, 15) is 9.59 Å². The minimum Gasteiger partial charge on any atom is -0.481 e. The Labute approximate surface area is 103 Å². The largest absolute Gasteiger partial charge is 0.481 e. The summed E-state index contributed by atoms with van der Waals surface area (Å²) in [5, 5.41) is 8.95. The number of carbonyl (C=O) groups excluding carboxylic acids is 1. The van der Waals surface area contributed by atoms with Crippen LogP contribution in [-0.2, 0) is 4.79 Å². The maximum Gasteiger partial charge on any atom is 0.317 e. The highest BCUT2D eigenvalue weighted by atomic mass is 35.5. The smallest absolute Gasteiger partial charge is 0.317 e. The van der Waals surface area contributed by atoms with Gasteiger partial charge in [0.25, 0.3) is 0 Å². The summed E-state index contributed by atoms with van der Waals surface area (Å²) in [6.07, 6.45) is 0. The highest BCUT2D eigenvalue weighted by Gasteiger charge is 2.42. The Morgan fingerprint density at radius 3 is 2.12 bits per heavy atom. The van der Waals surface area contributed by atoms with Crippen molar-refractivity contribution in [3.8, 4) is 0 Å². The lowest BCUT2D eigenvalue weighted by atomic mass is 9.95. The van der Waals surface area contributed by atoms with E-state index in [1.165, 1.54) is 19.1 Å². The summed E-state index contributed by atoms with van der Waals surface area (Å²) in [5.41, 5.74) is 0.280. The Balaban J connectivity index is 3.07. The Morgan fingerprint density at radius 2 is 1.75 bits per heavy atom. The molecule has 0 aliphatic rings. The van der Waals surface area contributed by atoms with E-state index in [0.29, 0.717) is 0 Å². The number of carboxylic acid groups (broad SMARTS) is 1. The van der Waals surface area contributed by atoms with Gasteiger partial charge in [-0.05, 0) is 6.92 Å². The number of hydrogen-bond acceptors (Lipinski definition) is 2. The fraction of sp³-hybridized carbons (Fsp3) is 0.273. The van der Waals surface area contributed by atoms with E-state index in [1.807, 2.05) is 0 Å². The first-order valence-corrected chi connectivity index (χ1v) is 5.29. The zero-order chi connectivity index (χ0) is 12.3. The third-order valence-electron chi connectivity index (χ3n) is 2.07. The molecular weight excluding hydrogens is 251 g/mol. The van der Waals surface area contributed by atoms with Crippen LogP contribution in [0.1, 0.15) is 17.3 Å². The molecule has 0 aromatic heterocycles. The first kappa shape index (κ1) is 13.0. The Kier molecular flexibility index (Phi) is 3.94. The molecule has 0 spiro atoms. The van der Waals surface area contributed by atoms with Crippen LogP contribution >= 0.6 is 23.2 Å². The first-order valence-electron chi connectivity index (χ1n) is 4.54. The van der Waals surface area contributed by atoms with E-state index >= 15 is 0 Å². The van der Waals surface area contributed by atoms with Gasteiger partial charge in [0.05, 0.1) is 0 Å². The number of carbonyl (C=O) groups is 2.